The second-order valence-corrected chi connectivity index (χ2v) is 10.7. The molecule has 2 aliphatic rings. The van der Waals surface area contributed by atoms with Crippen LogP contribution in [0.2, 0.25) is 0 Å². The molecular formula is C29H30BrN3O3. The Morgan fingerprint density at radius 3 is 2.56 bits per heavy atom. The summed E-state index contributed by atoms with van der Waals surface area (Å²) in [5.74, 6) is -0.161. The normalized spacial score (nSPS) is 19.6. The SMILES string of the molecule is Cc1c([C@H]2CCNC[C@@H]2C(=O)N(Cc2cc(Br)cc(C(=O)c3ccccc3)c2)C2CC2)cc[nH]c1=O. The molecule has 2 aromatic carbocycles. The van der Waals surface area contributed by atoms with Crippen LogP contribution in [0.15, 0.2) is 70.1 Å². The van der Waals surface area contributed by atoms with Crippen LogP contribution in [0.1, 0.15) is 57.8 Å². The predicted molar refractivity (Wildman–Crippen MR) is 143 cm³/mol. The van der Waals surface area contributed by atoms with Crippen molar-refractivity contribution in [2.45, 2.75) is 44.7 Å². The van der Waals surface area contributed by atoms with E-state index in [0.29, 0.717) is 29.8 Å². The number of rotatable bonds is 7. The number of nitrogens with zero attached hydrogens (tertiary/aromatic N) is 1. The Labute approximate surface area is 219 Å². The molecule has 7 heteroatoms. The molecule has 1 aromatic heterocycles. The maximum atomic E-state index is 14.0. The van der Waals surface area contributed by atoms with E-state index in [4.69, 9.17) is 0 Å². The van der Waals surface area contributed by atoms with Gasteiger partial charge < -0.3 is 15.2 Å². The van der Waals surface area contributed by atoms with Crippen LogP contribution >= 0.6 is 15.9 Å². The second kappa shape index (κ2) is 10.5. The minimum Gasteiger partial charge on any atom is -0.335 e. The standard InChI is InChI=1S/C29H30BrN3O3/c1-18-24(10-12-32-28(18)35)25-9-11-31-16-26(25)29(36)33(23-7-8-23)17-19-13-21(15-22(30)14-19)27(34)20-5-3-2-4-6-20/h2-6,10,12-15,23,25-26,31H,7-9,11,16-17H2,1H3,(H,32,35)/t25-,26+/m1/s1. The number of hydrogen-bond donors (Lipinski definition) is 2. The molecule has 1 aliphatic heterocycles. The molecule has 6 nitrogen and oxygen atoms in total. The Balaban J connectivity index is 1.42. The van der Waals surface area contributed by atoms with Crippen molar-refractivity contribution in [2.75, 3.05) is 13.1 Å². The Bertz CT molecular complexity index is 1330. The molecule has 2 fully saturated rings. The van der Waals surface area contributed by atoms with E-state index in [1.807, 2.05) is 66.4 Å². The highest BCUT2D eigenvalue weighted by molar-refractivity contribution is 9.10. The summed E-state index contributed by atoms with van der Waals surface area (Å²) in [6.07, 6.45) is 4.47. The summed E-state index contributed by atoms with van der Waals surface area (Å²) in [5.41, 5.74) is 3.73. The number of ketones is 1. The van der Waals surface area contributed by atoms with Crippen molar-refractivity contribution < 1.29 is 9.59 Å². The molecular weight excluding hydrogens is 518 g/mol. The smallest absolute Gasteiger partial charge is 0.251 e. The summed E-state index contributed by atoms with van der Waals surface area (Å²) < 4.78 is 0.818. The van der Waals surface area contributed by atoms with Crippen molar-refractivity contribution in [1.29, 1.82) is 0 Å². The number of hydrogen-bond acceptors (Lipinski definition) is 4. The van der Waals surface area contributed by atoms with E-state index in [-0.39, 0.29) is 35.1 Å². The van der Waals surface area contributed by atoms with Crippen molar-refractivity contribution >= 4 is 27.6 Å². The molecule has 0 unspecified atom stereocenters. The molecule has 5 rings (SSSR count). The van der Waals surface area contributed by atoms with Crippen LogP contribution in [0.3, 0.4) is 0 Å². The van der Waals surface area contributed by atoms with Gasteiger partial charge in [-0.15, -0.1) is 0 Å². The van der Waals surface area contributed by atoms with Gasteiger partial charge in [0.15, 0.2) is 5.78 Å². The van der Waals surface area contributed by atoms with E-state index < -0.39 is 0 Å². The summed E-state index contributed by atoms with van der Waals surface area (Å²) >= 11 is 3.57. The van der Waals surface area contributed by atoms with Gasteiger partial charge >= 0.3 is 0 Å². The lowest BCUT2D eigenvalue weighted by Crippen LogP contribution is -2.47. The van der Waals surface area contributed by atoms with E-state index in [9.17, 15) is 14.4 Å². The number of amides is 1. The lowest BCUT2D eigenvalue weighted by molar-refractivity contribution is -0.138. The third-order valence-corrected chi connectivity index (χ3v) is 7.79. The van der Waals surface area contributed by atoms with Crippen LogP contribution in [0.4, 0.5) is 0 Å². The number of pyridine rings is 1. The molecule has 0 spiro atoms. The number of aromatic amines is 1. The first-order valence-electron chi connectivity index (χ1n) is 12.5. The quantitative estimate of drug-likeness (QED) is 0.425. The van der Waals surface area contributed by atoms with Crippen LogP contribution in [-0.2, 0) is 11.3 Å². The summed E-state index contributed by atoms with van der Waals surface area (Å²) in [6.45, 7) is 3.70. The molecule has 1 amide bonds. The first-order chi connectivity index (χ1) is 17.4. The molecule has 2 N–H and O–H groups in total. The largest absolute Gasteiger partial charge is 0.335 e. The van der Waals surface area contributed by atoms with Gasteiger partial charge in [-0.25, -0.2) is 0 Å². The minimum absolute atomic E-state index is 0.0000267. The van der Waals surface area contributed by atoms with Crippen molar-refractivity contribution in [2.24, 2.45) is 5.92 Å². The fourth-order valence-electron chi connectivity index (χ4n) is 5.28. The first-order valence-corrected chi connectivity index (χ1v) is 13.3. The van der Waals surface area contributed by atoms with Crippen LogP contribution < -0.4 is 10.9 Å². The van der Waals surface area contributed by atoms with Gasteiger partial charge in [0.25, 0.3) is 5.56 Å². The van der Waals surface area contributed by atoms with E-state index >= 15 is 0 Å². The molecule has 36 heavy (non-hydrogen) atoms. The molecule has 0 bridgehead atoms. The lowest BCUT2D eigenvalue weighted by atomic mass is 9.79. The third-order valence-electron chi connectivity index (χ3n) is 7.33. The molecule has 0 radical (unpaired) electrons. The van der Waals surface area contributed by atoms with E-state index in [1.165, 1.54) is 0 Å². The zero-order valence-electron chi connectivity index (χ0n) is 20.3. The monoisotopic (exact) mass is 547 g/mol. The van der Waals surface area contributed by atoms with E-state index in [0.717, 1.165) is 41.4 Å². The number of aromatic nitrogens is 1. The number of carbonyl (C=O) groups excluding carboxylic acids is 2. The maximum absolute atomic E-state index is 14.0. The Kier molecular flexibility index (Phi) is 7.21. The molecule has 2 heterocycles. The fourth-order valence-corrected chi connectivity index (χ4v) is 5.82. The molecule has 186 valence electrons. The summed E-state index contributed by atoms with van der Waals surface area (Å²) in [7, 11) is 0. The molecule has 3 aromatic rings. The number of carbonyl (C=O) groups is 2. The number of nitrogens with one attached hydrogen (secondary N) is 2. The van der Waals surface area contributed by atoms with Gasteiger partial charge in [0, 0.05) is 46.5 Å². The maximum Gasteiger partial charge on any atom is 0.251 e. The number of H-pyrrole nitrogens is 1. The number of piperidine rings is 1. The average Bonchev–Trinajstić information content (AvgIpc) is 3.74. The minimum atomic E-state index is -0.238. The first kappa shape index (κ1) is 24.7. The zero-order chi connectivity index (χ0) is 25.2. The van der Waals surface area contributed by atoms with Gasteiger partial charge in [-0.05, 0) is 74.0 Å². The van der Waals surface area contributed by atoms with Gasteiger partial charge in [0.1, 0.15) is 0 Å². The summed E-state index contributed by atoms with van der Waals surface area (Å²) in [6, 6.07) is 17.1. The van der Waals surface area contributed by atoms with Crippen LogP contribution in [0.5, 0.6) is 0 Å². The van der Waals surface area contributed by atoms with E-state index in [2.05, 4.69) is 26.2 Å². The Morgan fingerprint density at radius 1 is 1.03 bits per heavy atom. The van der Waals surface area contributed by atoms with Crippen molar-refractivity contribution in [1.82, 2.24) is 15.2 Å². The van der Waals surface area contributed by atoms with Crippen molar-refractivity contribution in [3.63, 3.8) is 0 Å². The lowest BCUT2D eigenvalue weighted by Gasteiger charge is -2.36. The van der Waals surface area contributed by atoms with Gasteiger partial charge in [-0.3, -0.25) is 14.4 Å². The number of halogens is 1. The van der Waals surface area contributed by atoms with Crippen LogP contribution in [0, 0.1) is 12.8 Å². The highest BCUT2D eigenvalue weighted by atomic mass is 79.9. The highest BCUT2D eigenvalue weighted by Gasteiger charge is 2.40. The van der Waals surface area contributed by atoms with Crippen LogP contribution in [-0.4, -0.2) is 40.7 Å². The van der Waals surface area contributed by atoms with E-state index in [1.54, 1.807) is 6.20 Å². The highest BCUT2D eigenvalue weighted by Crippen LogP contribution is 2.37. The third kappa shape index (κ3) is 5.22. The Hall–Kier alpha value is -3.03. The Morgan fingerprint density at radius 2 is 1.81 bits per heavy atom. The average molecular weight is 548 g/mol. The summed E-state index contributed by atoms with van der Waals surface area (Å²) in [5, 5.41) is 3.39. The molecule has 1 aliphatic carbocycles. The summed E-state index contributed by atoms with van der Waals surface area (Å²) in [4.78, 5) is 44.1. The molecule has 2 atom stereocenters. The second-order valence-electron chi connectivity index (χ2n) is 9.83. The van der Waals surface area contributed by atoms with Gasteiger partial charge in [0.05, 0.1) is 5.92 Å². The fraction of sp³-hybridized carbons (Fsp3) is 0.345. The molecule has 1 saturated heterocycles. The topological polar surface area (TPSA) is 82.3 Å². The predicted octanol–water partition coefficient (Wildman–Crippen LogP) is 4.56. The van der Waals surface area contributed by atoms with Crippen LogP contribution in [0.25, 0.3) is 0 Å². The number of benzene rings is 2. The van der Waals surface area contributed by atoms with Gasteiger partial charge in [-0.2, -0.15) is 0 Å². The van der Waals surface area contributed by atoms with Gasteiger partial charge in [0.2, 0.25) is 5.91 Å². The van der Waals surface area contributed by atoms with Gasteiger partial charge in [-0.1, -0.05) is 46.3 Å². The zero-order valence-corrected chi connectivity index (χ0v) is 21.9. The van der Waals surface area contributed by atoms with Crippen molar-refractivity contribution in [3.05, 3.63) is 103 Å². The van der Waals surface area contributed by atoms with Crippen molar-refractivity contribution in [3.8, 4) is 0 Å². The molecule has 1 saturated carbocycles.